The molecule has 23 heavy (non-hydrogen) atoms. The first-order valence-electron chi connectivity index (χ1n) is 6.58. The van der Waals surface area contributed by atoms with Gasteiger partial charge in [0.2, 0.25) is 0 Å². The van der Waals surface area contributed by atoms with Gasteiger partial charge in [-0.05, 0) is 32.0 Å². The summed E-state index contributed by atoms with van der Waals surface area (Å²) in [7, 11) is 0. The molecule has 2 N–H and O–H groups in total. The number of benzene rings is 1. The van der Waals surface area contributed by atoms with E-state index < -0.39 is 11.5 Å². The van der Waals surface area contributed by atoms with Gasteiger partial charge in [-0.1, -0.05) is 28.4 Å². The van der Waals surface area contributed by atoms with Crippen LogP contribution in [0.1, 0.15) is 29.9 Å². The largest absolute Gasteiger partial charge is 0.480 e. The fourth-order valence-electron chi connectivity index (χ4n) is 1.91. The second-order valence-electron chi connectivity index (χ2n) is 5.43. The molecule has 2 rings (SSSR count). The van der Waals surface area contributed by atoms with Crippen molar-refractivity contribution in [3.63, 3.8) is 0 Å². The van der Waals surface area contributed by atoms with Gasteiger partial charge < -0.3 is 10.4 Å². The van der Waals surface area contributed by atoms with E-state index in [4.69, 9.17) is 28.3 Å². The number of carbonyl (C=O) groups is 2. The van der Waals surface area contributed by atoms with Gasteiger partial charge in [-0.2, -0.15) is 0 Å². The van der Waals surface area contributed by atoms with E-state index in [1.807, 2.05) is 0 Å². The summed E-state index contributed by atoms with van der Waals surface area (Å²) in [4.78, 5) is 23.0. The molecule has 0 unspecified atom stereocenters. The van der Waals surface area contributed by atoms with Crippen molar-refractivity contribution in [1.82, 2.24) is 20.3 Å². The summed E-state index contributed by atoms with van der Waals surface area (Å²) in [5.41, 5.74) is -0.114. The number of carboxylic acids is 1. The second kappa shape index (κ2) is 6.55. The molecule has 122 valence electrons. The van der Waals surface area contributed by atoms with E-state index in [-0.39, 0.29) is 12.5 Å². The fourth-order valence-corrected chi connectivity index (χ4v) is 2.43. The summed E-state index contributed by atoms with van der Waals surface area (Å²) in [5, 5.41) is 19.9. The third-order valence-corrected chi connectivity index (χ3v) is 3.46. The number of amides is 1. The molecule has 7 nitrogen and oxygen atoms in total. The quantitative estimate of drug-likeness (QED) is 0.856. The van der Waals surface area contributed by atoms with Gasteiger partial charge in [-0.3, -0.25) is 9.59 Å². The molecule has 0 fully saturated rings. The number of nitrogens with one attached hydrogen (secondary N) is 1. The highest BCUT2D eigenvalue weighted by Gasteiger charge is 2.27. The first-order chi connectivity index (χ1) is 10.7. The SMILES string of the molecule is CC(C)(NC(=O)c1cc(Cl)cc(Cl)c1)c1cn(CC(=O)O)nn1. The molecule has 0 aliphatic carbocycles. The third-order valence-electron chi connectivity index (χ3n) is 3.03. The van der Waals surface area contributed by atoms with Gasteiger partial charge >= 0.3 is 5.97 Å². The van der Waals surface area contributed by atoms with Gasteiger partial charge in [0, 0.05) is 15.6 Å². The average molecular weight is 357 g/mol. The maximum absolute atomic E-state index is 12.3. The first kappa shape index (κ1) is 17.2. The Morgan fingerprint density at radius 3 is 2.43 bits per heavy atom. The normalized spacial score (nSPS) is 11.3. The minimum atomic E-state index is -1.03. The van der Waals surface area contributed by atoms with Crippen molar-refractivity contribution in [2.45, 2.75) is 25.9 Å². The van der Waals surface area contributed by atoms with Crippen LogP contribution in [0.4, 0.5) is 0 Å². The maximum Gasteiger partial charge on any atom is 0.325 e. The van der Waals surface area contributed by atoms with E-state index in [1.165, 1.54) is 29.1 Å². The van der Waals surface area contributed by atoms with Crippen LogP contribution in [-0.2, 0) is 16.9 Å². The number of halogens is 2. The maximum atomic E-state index is 12.3. The summed E-state index contributed by atoms with van der Waals surface area (Å²) >= 11 is 11.8. The Kier molecular flexibility index (Phi) is 4.91. The number of rotatable bonds is 5. The lowest BCUT2D eigenvalue weighted by atomic mass is 10.0. The number of aromatic nitrogens is 3. The number of carbonyl (C=O) groups excluding carboxylic acids is 1. The molecule has 0 atom stereocenters. The van der Waals surface area contributed by atoms with Crippen LogP contribution < -0.4 is 5.32 Å². The van der Waals surface area contributed by atoms with Crippen molar-refractivity contribution in [3.05, 3.63) is 45.7 Å². The lowest BCUT2D eigenvalue weighted by Gasteiger charge is -2.23. The van der Waals surface area contributed by atoms with E-state index in [0.29, 0.717) is 21.3 Å². The molecule has 0 saturated heterocycles. The molecular weight excluding hydrogens is 343 g/mol. The van der Waals surface area contributed by atoms with E-state index in [2.05, 4.69) is 15.6 Å². The van der Waals surface area contributed by atoms with Gasteiger partial charge in [0.1, 0.15) is 12.2 Å². The Balaban J connectivity index is 2.18. The number of hydrogen-bond donors (Lipinski definition) is 2. The number of carboxylic acid groups (broad SMARTS) is 1. The van der Waals surface area contributed by atoms with Crippen molar-refractivity contribution in [3.8, 4) is 0 Å². The zero-order valence-electron chi connectivity index (χ0n) is 12.4. The molecule has 0 bridgehead atoms. The fraction of sp³-hybridized carbons (Fsp3) is 0.286. The van der Waals surface area contributed by atoms with Crippen LogP contribution in [0.3, 0.4) is 0 Å². The Bertz CT molecular complexity index is 738. The molecule has 1 amide bonds. The minimum Gasteiger partial charge on any atom is -0.480 e. The molecular formula is C14H14Cl2N4O3. The predicted octanol–water partition coefficient (Wildman–Crippen LogP) is 2.33. The molecule has 9 heteroatoms. The molecule has 0 saturated carbocycles. The number of aliphatic carboxylic acids is 1. The monoisotopic (exact) mass is 356 g/mol. The molecule has 2 aromatic rings. The van der Waals surface area contributed by atoms with Crippen LogP contribution in [0.15, 0.2) is 24.4 Å². The molecule has 0 radical (unpaired) electrons. The molecule has 1 aromatic carbocycles. The molecule has 1 heterocycles. The van der Waals surface area contributed by atoms with Crippen LogP contribution in [-0.4, -0.2) is 32.0 Å². The Morgan fingerprint density at radius 2 is 1.87 bits per heavy atom. The molecule has 0 aliphatic heterocycles. The van der Waals surface area contributed by atoms with Crippen LogP contribution in [0.5, 0.6) is 0 Å². The summed E-state index contributed by atoms with van der Waals surface area (Å²) in [6, 6.07) is 4.53. The average Bonchev–Trinajstić information content (AvgIpc) is 2.85. The molecule has 0 aliphatic rings. The van der Waals surface area contributed by atoms with Gasteiger partial charge in [-0.15, -0.1) is 5.10 Å². The van der Waals surface area contributed by atoms with Gasteiger partial charge in [0.15, 0.2) is 0 Å². The van der Waals surface area contributed by atoms with E-state index in [0.717, 1.165) is 0 Å². The van der Waals surface area contributed by atoms with Gasteiger partial charge in [-0.25, -0.2) is 4.68 Å². The Hall–Kier alpha value is -2.12. The summed E-state index contributed by atoms with van der Waals surface area (Å²) in [5.74, 6) is -1.41. The highest BCUT2D eigenvalue weighted by Crippen LogP contribution is 2.22. The van der Waals surface area contributed by atoms with Gasteiger partial charge in [0.05, 0.1) is 11.7 Å². The topological polar surface area (TPSA) is 97.1 Å². The van der Waals surface area contributed by atoms with Crippen molar-refractivity contribution >= 4 is 35.1 Å². The summed E-state index contributed by atoms with van der Waals surface area (Å²) in [6.45, 7) is 3.15. The number of nitrogens with zero attached hydrogens (tertiary/aromatic N) is 3. The highest BCUT2D eigenvalue weighted by atomic mass is 35.5. The predicted molar refractivity (Wildman–Crippen MR) is 84.6 cm³/mol. The van der Waals surface area contributed by atoms with Crippen LogP contribution in [0.25, 0.3) is 0 Å². The first-order valence-corrected chi connectivity index (χ1v) is 7.34. The summed E-state index contributed by atoms with van der Waals surface area (Å²) < 4.78 is 1.18. The molecule has 0 spiro atoms. The molecule has 1 aromatic heterocycles. The van der Waals surface area contributed by atoms with E-state index in [1.54, 1.807) is 13.8 Å². The van der Waals surface area contributed by atoms with Crippen LogP contribution >= 0.6 is 23.2 Å². The third kappa shape index (κ3) is 4.43. The zero-order chi connectivity index (χ0) is 17.2. The van der Waals surface area contributed by atoms with Crippen molar-refractivity contribution in [2.75, 3.05) is 0 Å². The zero-order valence-corrected chi connectivity index (χ0v) is 13.9. The summed E-state index contributed by atoms with van der Waals surface area (Å²) in [6.07, 6.45) is 1.47. The number of hydrogen-bond acceptors (Lipinski definition) is 4. The van der Waals surface area contributed by atoms with E-state index in [9.17, 15) is 9.59 Å². The van der Waals surface area contributed by atoms with Crippen molar-refractivity contribution in [2.24, 2.45) is 0 Å². The van der Waals surface area contributed by atoms with E-state index >= 15 is 0 Å². The smallest absolute Gasteiger partial charge is 0.325 e. The Morgan fingerprint density at radius 1 is 1.26 bits per heavy atom. The Labute approximate surface area is 142 Å². The van der Waals surface area contributed by atoms with Crippen LogP contribution in [0.2, 0.25) is 10.0 Å². The van der Waals surface area contributed by atoms with Crippen LogP contribution in [0, 0.1) is 0 Å². The standard InChI is InChI=1S/C14H14Cl2N4O3/c1-14(2,11-6-20(19-18-11)7-12(21)22)17-13(23)8-3-9(15)5-10(16)4-8/h3-6H,7H2,1-2H3,(H,17,23)(H,21,22). The lowest BCUT2D eigenvalue weighted by molar-refractivity contribution is -0.137. The van der Waals surface area contributed by atoms with Crippen molar-refractivity contribution in [1.29, 1.82) is 0 Å². The lowest BCUT2D eigenvalue weighted by Crippen LogP contribution is -2.41. The highest BCUT2D eigenvalue weighted by molar-refractivity contribution is 6.35. The van der Waals surface area contributed by atoms with Gasteiger partial charge in [0.25, 0.3) is 5.91 Å². The van der Waals surface area contributed by atoms with Crippen molar-refractivity contribution < 1.29 is 14.7 Å². The minimum absolute atomic E-state index is 0.305. The second-order valence-corrected chi connectivity index (χ2v) is 6.31.